The first-order valence-corrected chi connectivity index (χ1v) is 9.08. The number of hydrogen-bond donors (Lipinski definition) is 0. The number of nitrogens with zero attached hydrogens (tertiary/aromatic N) is 5. The van der Waals surface area contributed by atoms with Crippen LogP contribution < -0.4 is 0 Å². The number of carbonyl (C=O) groups excluding carboxylic acids is 1. The van der Waals surface area contributed by atoms with Gasteiger partial charge in [0.2, 0.25) is 0 Å². The van der Waals surface area contributed by atoms with Gasteiger partial charge < -0.3 is 4.90 Å². The second-order valence-corrected chi connectivity index (χ2v) is 7.61. The number of piperidine rings is 1. The van der Waals surface area contributed by atoms with E-state index >= 15 is 0 Å². The normalized spacial score (nSPS) is 18.5. The van der Waals surface area contributed by atoms with Crippen LogP contribution in [0.3, 0.4) is 0 Å². The Morgan fingerprint density at radius 3 is 2.92 bits per heavy atom. The maximum atomic E-state index is 12.9. The fraction of sp³-hybridized carbons (Fsp3) is 0.471. The molecule has 0 radical (unpaired) electrons. The first-order chi connectivity index (χ1) is 11.5. The molecule has 0 spiro atoms. The minimum atomic E-state index is 0.129. The molecule has 1 aliphatic heterocycles. The van der Waals surface area contributed by atoms with Crippen molar-refractivity contribution in [3.63, 3.8) is 0 Å². The van der Waals surface area contributed by atoms with Crippen molar-refractivity contribution in [3.8, 4) is 0 Å². The molecule has 4 heterocycles. The molecule has 0 bridgehead atoms. The van der Waals surface area contributed by atoms with Crippen molar-refractivity contribution >= 4 is 27.5 Å². The lowest BCUT2D eigenvalue weighted by Gasteiger charge is -2.32. The SMILES string of the molecule is Cc1cnn([C@H]2CCCN(C(=O)c3cc4c(C)nn(C)c4s3)C2)c1. The highest BCUT2D eigenvalue weighted by Gasteiger charge is 2.27. The number of thiophene rings is 1. The Morgan fingerprint density at radius 1 is 1.38 bits per heavy atom. The minimum absolute atomic E-state index is 0.129. The van der Waals surface area contributed by atoms with Crippen LogP contribution in [0, 0.1) is 13.8 Å². The smallest absolute Gasteiger partial charge is 0.264 e. The molecule has 3 aromatic rings. The number of likely N-dealkylation sites (tertiary alicyclic amines) is 1. The van der Waals surface area contributed by atoms with Crippen LogP contribution in [0.4, 0.5) is 0 Å². The van der Waals surface area contributed by atoms with Gasteiger partial charge in [-0.05, 0) is 38.3 Å². The monoisotopic (exact) mass is 343 g/mol. The first-order valence-electron chi connectivity index (χ1n) is 8.26. The van der Waals surface area contributed by atoms with Gasteiger partial charge in [0, 0.05) is 31.7 Å². The van der Waals surface area contributed by atoms with Gasteiger partial charge in [-0.3, -0.25) is 14.2 Å². The van der Waals surface area contributed by atoms with E-state index in [1.54, 1.807) is 0 Å². The summed E-state index contributed by atoms with van der Waals surface area (Å²) in [5.41, 5.74) is 2.14. The average molecular weight is 343 g/mol. The molecule has 24 heavy (non-hydrogen) atoms. The third kappa shape index (κ3) is 2.53. The third-order valence-electron chi connectivity index (χ3n) is 4.70. The van der Waals surface area contributed by atoms with Crippen LogP contribution in [-0.2, 0) is 7.05 Å². The van der Waals surface area contributed by atoms with Crippen molar-refractivity contribution in [2.45, 2.75) is 32.7 Å². The molecule has 0 saturated carbocycles. The van der Waals surface area contributed by atoms with E-state index in [-0.39, 0.29) is 11.9 Å². The molecule has 4 rings (SSSR count). The predicted molar refractivity (Wildman–Crippen MR) is 94.5 cm³/mol. The molecule has 126 valence electrons. The summed E-state index contributed by atoms with van der Waals surface area (Å²) in [6.45, 7) is 5.58. The number of aromatic nitrogens is 4. The summed E-state index contributed by atoms with van der Waals surface area (Å²) in [5, 5.41) is 9.92. The molecule has 1 aliphatic rings. The van der Waals surface area contributed by atoms with E-state index in [1.165, 1.54) is 11.3 Å². The van der Waals surface area contributed by atoms with Gasteiger partial charge in [-0.25, -0.2) is 0 Å². The van der Waals surface area contributed by atoms with Crippen molar-refractivity contribution in [2.75, 3.05) is 13.1 Å². The fourth-order valence-electron chi connectivity index (χ4n) is 3.45. The van der Waals surface area contributed by atoms with Crippen LogP contribution in [0.15, 0.2) is 18.5 Å². The van der Waals surface area contributed by atoms with Crippen molar-refractivity contribution in [2.24, 2.45) is 7.05 Å². The maximum absolute atomic E-state index is 12.9. The van der Waals surface area contributed by atoms with Gasteiger partial charge in [0.1, 0.15) is 4.83 Å². The Hall–Kier alpha value is -2.15. The highest BCUT2D eigenvalue weighted by molar-refractivity contribution is 7.20. The summed E-state index contributed by atoms with van der Waals surface area (Å²) in [6, 6.07) is 2.26. The highest BCUT2D eigenvalue weighted by Crippen LogP contribution is 2.30. The molecule has 7 heteroatoms. The van der Waals surface area contributed by atoms with Crippen LogP contribution in [0.5, 0.6) is 0 Å². The molecule has 6 nitrogen and oxygen atoms in total. The second kappa shape index (κ2) is 5.73. The Kier molecular flexibility index (Phi) is 3.68. The summed E-state index contributed by atoms with van der Waals surface area (Å²) in [7, 11) is 1.93. The number of fused-ring (bicyclic) bond motifs is 1. The largest absolute Gasteiger partial charge is 0.336 e. The molecule has 1 atom stereocenters. The predicted octanol–water partition coefficient (Wildman–Crippen LogP) is 2.93. The molecule has 3 aromatic heterocycles. The number of rotatable bonds is 2. The molecule has 1 saturated heterocycles. The van der Waals surface area contributed by atoms with Gasteiger partial charge in [0.15, 0.2) is 0 Å². The standard InChI is InChI=1S/C17H21N5OS/c1-11-8-18-22(9-11)13-5-4-6-21(10-13)16(23)15-7-14-12(2)19-20(3)17(14)24-15/h7-9,13H,4-6,10H2,1-3H3/t13-/m0/s1. The molecule has 1 fully saturated rings. The van der Waals surface area contributed by atoms with Gasteiger partial charge in [0.25, 0.3) is 5.91 Å². The topological polar surface area (TPSA) is 56.0 Å². The van der Waals surface area contributed by atoms with E-state index in [0.717, 1.165) is 52.3 Å². The summed E-state index contributed by atoms with van der Waals surface area (Å²) < 4.78 is 3.87. The molecule has 1 amide bonds. The zero-order chi connectivity index (χ0) is 16.8. The van der Waals surface area contributed by atoms with E-state index in [1.807, 2.05) is 47.4 Å². The summed E-state index contributed by atoms with van der Waals surface area (Å²) >= 11 is 1.53. The van der Waals surface area contributed by atoms with Crippen LogP contribution in [0.25, 0.3) is 10.2 Å². The van der Waals surface area contributed by atoms with E-state index in [2.05, 4.69) is 16.4 Å². The van der Waals surface area contributed by atoms with Crippen LogP contribution >= 0.6 is 11.3 Å². The number of amides is 1. The zero-order valence-corrected chi connectivity index (χ0v) is 15.0. The average Bonchev–Trinajstić information content (AvgIpc) is 3.25. The van der Waals surface area contributed by atoms with Crippen LogP contribution in [0.2, 0.25) is 0 Å². The quantitative estimate of drug-likeness (QED) is 0.719. The molecule has 0 aromatic carbocycles. The van der Waals surface area contributed by atoms with Gasteiger partial charge in [-0.2, -0.15) is 10.2 Å². The second-order valence-electron chi connectivity index (χ2n) is 6.58. The molecular formula is C17H21N5OS. The maximum Gasteiger partial charge on any atom is 0.264 e. The van der Waals surface area contributed by atoms with Gasteiger partial charge >= 0.3 is 0 Å². The number of hydrogen-bond acceptors (Lipinski definition) is 4. The lowest BCUT2D eigenvalue weighted by atomic mass is 10.1. The Labute approximate surface area is 144 Å². The lowest BCUT2D eigenvalue weighted by Crippen LogP contribution is -2.40. The van der Waals surface area contributed by atoms with Crippen molar-refractivity contribution in [3.05, 3.63) is 34.6 Å². The fourth-order valence-corrected chi connectivity index (χ4v) is 4.55. The minimum Gasteiger partial charge on any atom is -0.336 e. The van der Waals surface area contributed by atoms with Gasteiger partial charge in [-0.1, -0.05) is 0 Å². The lowest BCUT2D eigenvalue weighted by molar-refractivity contribution is 0.0678. The van der Waals surface area contributed by atoms with Crippen molar-refractivity contribution in [1.82, 2.24) is 24.5 Å². The van der Waals surface area contributed by atoms with Crippen molar-refractivity contribution < 1.29 is 4.79 Å². The van der Waals surface area contributed by atoms with Gasteiger partial charge in [0.05, 0.1) is 22.8 Å². The van der Waals surface area contributed by atoms with Crippen LogP contribution in [-0.4, -0.2) is 43.5 Å². The van der Waals surface area contributed by atoms with Crippen LogP contribution in [0.1, 0.15) is 39.8 Å². The summed E-state index contributed by atoms with van der Waals surface area (Å²) in [6.07, 6.45) is 6.02. The number of aryl methyl sites for hydroxylation is 3. The molecule has 0 unspecified atom stereocenters. The molecular weight excluding hydrogens is 322 g/mol. The van der Waals surface area contributed by atoms with E-state index < -0.39 is 0 Å². The molecule has 0 aliphatic carbocycles. The Morgan fingerprint density at radius 2 is 2.21 bits per heavy atom. The Bertz CT molecular complexity index is 871. The number of carbonyl (C=O) groups is 1. The Balaban J connectivity index is 1.57. The summed E-state index contributed by atoms with van der Waals surface area (Å²) in [5.74, 6) is 0.129. The molecule has 0 N–H and O–H groups in total. The van der Waals surface area contributed by atoms with Crippen molar-refractivity contribution in [1.29, 1.82) is 0 Å². The van der Waals surface area contributed by atoms with E-state index in [4.69, 9.17) is 0 Å². The third-order valence-corrected chi connectivity index (χ3v) is 5.89. The highest BCUT2D eigenvalue weighted by atomic mass is 32.1. The van der Waals surface area contributed by atoms with Gasteiger partial charge in [-0.15, -0.1) is 11.3 Å². The zero-order valence-electron chi connectivity index (χ0n) is 14.2. The van der Waals surface area contributed by atoms with E-state index in [0.29, 0.717) is 0 Å². The van der Waals surface area contributed by atoms with E-state index in [9.17, 15) is 4.79 Å². The summed E-state index contributed by atoms with van der Waals surface area (Å²) in [4.78, 5) is 16.8. The first kappa shape index (κ1) is 15.4.